The van der Waals surface area contributed by atoms with Gasteiger partial charge in [0.1, 0.15) is 18.2 Å². The van der Waals surface area contributed by atoms with E-state index < -0.39 is 18.1 Å². The first-order valence-electron chi connectivity index (χ1n) is 9.67. The third-order valence-corrected chi connectivity index (χ3v) is 6.84. The van der Waals surface area contributed by atoms with Crippen molar-refractivity contribution in [3.05, 3.63) is 0 Å². The zero-order valence-electron chi connectivity index (χ0n) is 14.7. The molecule has 0 aromatic heterocycles. The van der Waals surface area contributed by atoms with Crippen molar-refractivity contribution in [2.45, 2.75) is 57.1 Å². The quantitative estimate of drug-likeness (QED) is 0.588. The summed E-state index contributed by atoms with van der Waals surface area (Å²) in [5.74, 6) is -0.527. The van der Waals surface area contributed by atoms with Gasteiger partial charge >= 0.3 is 5.97 Å². The monoisotopic (exact) mass is 351 g/mol. The van der Waals surface area contributed by atoms with Gasteiger partial charge in [-0.15, -0.1) is 0 Å². The van der Waals surface area contributed by atoms with Crippen molar-refractivity contribution in [1.82, 2.24) is 16.0 Å². The van der Waals surface area contributed by atoms with Crippen LogP contribution >= 0.6 is 0 Å². The molecule has 0 aromatic carbocycles. The van der Waals surface area contributed by atoms with Crippen LogP contribution in [0.25, 0.3) is 0 Å². The molecular formula is C18H29N3O4. The molecule has 0 aromatic rings. The highest BCUT2D eigenvalue weighted by Crippen LogP contribution is 2.42. The van der Waals surface area contributed by atoms with E-state index in [1.54, 1.807) is 7.05 Å². The fourth-order valence-corrected chi connectivity index (χ4v) is 5.44. The molecule has 4 rings (SSSR count). The molecule has 3 aliphatic heterocycles. The summed E-state index contributed by atoms with van der Waals surface area (Å²) in [4.78, 5) is 24.7. The van der Waals surface area contributed by atoms with Gasteiger partial charge in [-0.1, -0.05) is 25.7 Å². The van der Waals surface area contributed by atoms with Crippen LogP contribution in [0.4, 0.5) is 0 Å². The van der Waals surface area contributed by atoms with Crippen molar-refractivity contribution in [1.29, 1.82) is 0 Å². The Kier molecular flexibility index (Phi) is 4.83. The molecule has 4 N–H and O–H groups in total. The number of hydrogen-bond acceptors (Lipinski definition) is 6. The summed E-state index contributed by atoms with van der Waals surface area (Å²) in [5.41, 5.74) is 0. The summed E-state index contributed by atoms with van der Waals surface area (Å²) in [5, 5.41) is 19.1. The predicted octanol–water partition coefficient (Wildman–Crippen LogP) is 0.510. The molecule has 0 bridgehead atoms. The number of nitrogens with one attached hydrogen (secondary N) is 3. The lowest BCUT2D eigenvalue weighted by Crippen LogP contribution is -2.68. The Morgan fingerprint density at radius 3 is 2.56 bits per heavy atom. The van der Waals surface area contributed by atoms with Crippen LogP contribution in [0.15, 0.2) is 0 Å². The second-order valence-corrected chi connectivity index (χ2v) is 8.15. The first-order valence-corrected chi connectivity index (χ1v) is 9.67. The molecule has 3 heterocycles. The summed E-state index contributed by atoms with van der Waals surface area (Å²) in [7, 11) is 1.73. The average molecular weight is 351 g/mol. The summed E-state index contributed by atoms with van der Waals surface area (Å²) >= 11 is 0. The Balaban J connectivity index is 1.48. The molecule has 7 heteroatoms. The number of hydrogen-bond donors (Lipinski definition) is 4. The second-order valence-electron chi connectivity index (χ2n) is 8.15. The molecule has 7 nitrogen and oxygen atoms in total. The van der Waals surface area contributed by atoms with E-state index in [0.717, 1.165) is 18.9 Å². The molecule has 3 saturated heterocycles. The molecule has 7 unspecified atom stereocenters. The molecule has 1 aliphatic carbocycles. The van der Waals surface area contributed by atoms with Gasteiger partial charge in [-0.05, 0) is 31.7 Å². The molecule has 1 saturated carbocycles. The maximum atomic E-state index is 13.1. The summed E-state index contributed by atoms with van der Waals surface area (Å²) in [6.07, 6.45) is 5.37. The number of piperidine rings is 2. The maximum Gasteiger partial charge on any atom is 0.309 e. The van der Waals surface area contributed by atoms with Crippen molar-refractivity contribution >= 4 is 11.8 Å². The number of aliphatic carboxylic acids is 1. The standard InChI is InChI=1S/C18H29N3O4/c1-19-15-13(18(23)24)7-12-14(22)11-6-10(9-4-2-3-5-9)8-20-16(11)25-17(12)21-15/h9-13,15-17,19-21H,2-8H2,1H3,(H,23,24). The van der Waals surface area contributed by atoms with Crippen molar-refractivity contribution < 1.29 is 19.4 Å². The van der Waals surface area contributed by atoms with E-state index in [1.807, 2.05) is 0 Å². The minimum absolute atomic E-state index is 0.136. The van der Waals surface area contributed by atoms with Crippen LogP contribution in [0.1, 0.15) is 38.5 Å². The Morgan fingerprint density at radius 2 is 1.88 bits per heavy atom. The number of ketones is 1. The SMILES string of the molecule is CNC1NC2OC3NCC(C4CCCC4)CC3C(=O)C2CC1C(=O)O. The van der Waals surface area contributed by atoms with E-state index in [2.05, 4.69) is 16.0 Å². The van der Waals surface area contributed by atoms with Gasteiger partial charge in [-0.25, -0.2) is 0 Å². The van der Waals surface area contributed by atoms with Crippen molar-refractivity contribution in [2.75, 3.05) is 13.6 Å². The van der Waals surface area contributed by atoms with Gasteiger partial charge in [-0.3, -0.25) is 20.2 Å². The van der Waals surface area contributed by atoms with E-state index in [4.69, 9.17) is 4.74 Å². The van der Waals surface area contributed by atoms with Crippen LogP contribution in [-0.4, -0.2) is 49.1 Å². The highest BCUT2D eigenvalue weighted by Gasteiger charge is 2.52. The minimum Gasteiger partial charge on any atom is -0.481 e. The lowest BCUT2D eigenvalue weighted by Gasteiger charge is -2.50. The molecule has 0 radical (unpaired) electrons. The van der Waals surface area contributed by atoms with Gasteiger partial charge in [-0.2, -0.15) is 0 Å². The normalized spacial score (nSPS) is 45.0. The molecule has 25 heavy (non-hydrogen) atoms. The number of carboxylic acids is 1. The van der Waals surface area contributed by atoms with Crippen molar-refractivity contribution in [3.8, 4) is 0 Å². The third kappa shape index (κ3) is 3.12. The smallest absolute Gasteiger partial charge is 0.309 e. The number of carbonyl (C=O) groups is 2. The predicted molar refractivity (Wildman–Crippen MR) is 90.4 cm³/mol. The van der Waals surface area contributed by atoms with Crippen LogP contribution in [0.3, 0.4) is 0 Å². The zero-order valence-corrected chi connectivity index (χ0v) is 14.7. The highest BCUT2D eigenvalue weighted by molar-refractivity contribution is 5.86. The molecule has 4 aliphatic rings. The van der Waals surface area contributed by atoms with Crippen LogP contribution in [0, 0.1) is 29.6 Å². The molecular weight excluding hydrogens is 322 g/mol. The molecule has 0 spiro atoms. The fourth-order valence-electron chi connectivity index (χ4n) is 5.44. The summed E-state index contributed by atoms with van der Waals surface area (Å²) < 4.78 is 6.16. The lowest BCUT2D eigenvalue weighted by molar-refractivity contribution is -0.190. The largest absolute Gasteiger partial charge is 0.481 e. The van der Waals surface area contributed by atoms with Crippen molar-refractivity contribution in [3.63, 3.8) is 0 Å². The highest BCUT2D eigenvalue weighted by atomic mass is 16.5. The van der Waals surface area contributed by atoms with Gasteiger partial charge in [0.15, 0.2) is 0 Å². The molecule has 140 valence electrons. The Hall–Kier alpha value is -1.02. The van der Waals surface area contributed by atoms with Crippen LogP contribution in [0.2, 0.25) is 0 Å². The first-order chi connectivity index (χ1) is 12.1. The topological polar surface area (TPSA) is 99.7 Å². The number of ether oxygens (including phenoxy) is 1. The number of carboxylic acid groups (broad SMARTS) is 1. The van der Waals surface area contributed by atoms with E-state index in [-0.39, 0.29) is 30.0 Å². The Morgan fingerprint density at radius 1 is 1.16 bits per heavy atom. The number of carbonyl (C=O) groups excluding carboxylic acids is 1. The summed E-state index contributed by atoms with van der Waals surface area (Å²) in [6.45, 7) is 0.920. The first kappa shape index (κ1) is 17.4. The van der Waals surface area contributed by atoms with Gasteiger partial charge in [0.05, 0.1) is 23.9 Å². The number of rotatable bonds is 3. The Labute approximate surface area is 148 Å². The Bertz CT molecular complexity index is 536. The van der Waals surface area contributed by atoms with Gasteiger partial charge in [0.25, 0.3) is 0 Å². The summed E-state index contributed by atoms with van der Waals surface area (Å²) in [6, 6.07) is 0. The minimum atomic E-state index is -0.870. The second kappa shape index (κ2) is 6.95. The molecule has 7 atom stereocenters. The van der Waals surface area contributed by atoms with Crippen LogP contribution in [-0.2, 0) is 14.3 Å². The number of fused-ring (bicyclic) bond motifs is 2. The van der Waals surface area contributed by atoms with Gasteiger partial charge < -0.3 is 15.2 Å². The lowest BCUT2D eigenvalue weighted by atomic mass is 9.72. The van der Waals surface area contributed by atoms with Gasteiger partial charge in [0.2, 0.25) is 0 Å². The van der Waals surface area contributed by atoms with Crippen LogP contribution < -0.4 is 16.0 Å². The average Bonchev–Trinajstić information content (AvgIpc) is 3.15. The van der Waals surface area contributed by atoms with Gasteiger partial charge in [0, 0.05) is 6.54 Å². The van der Waals surface area contributed by atoms with E-state index in [1.165, 1.54) is 25.7 Å². The van der Waals surface area contributed by atoms with Crippen molar-refractivity contribution in [2.24, 2.45) is 29.6 Å². The van der Waals surface area contributed by atoms with E-state index >= 15 is 0 Å². The maximum absolute atomic E-state index is 13.1. The molecule has 0 amide bonds. The fraction of sp³-hybridized carbons (Fsp3) is 0.889. The van der Waals surface area contributed by atoms with Crippen LogP contribution in [0.5, 0.6) is 0 Å². The number of Topliss-reactive ketones (excluding diaryl/α,β-unsaturated/α-hetero) is 1. The van der Waals surface area contributed by atoms with E-state index in [0.29, 0.717) is 12.3 Å². The third-order valence-electron chi connectivity index (χ3n) is 6.84. The molecule has 4 fully saturated rings. The van der Waals surface area contributed by atoms with E-state index in [9.17, 15) is 14.7 Å². The zero-order chi connectivity index (χ0) is 17.6.